The number of carbonyl (C=O) groups excluding carboxylic acids is 1. The smallest absolute Gasteiger partial charge is 0.336 e. The highest BCUT2D eigenvalue weighted by Gasteiger charge is 2.30. The molecule has 0 aliphatic carbocycles. The standard InChI is InChI=1S/C23H25NO3/c1-16(2)27-23(25)22-17(3)24(19-10-12-20(26-4)13-11-19)15-14-21(22)18-8-6-5-7-9-18/h5-16,21H,1-4H3/t21-/m1/s1. The van der Waals surface area contributed by atoms with Gasteiger partial charge in [0, 0.05) is 23.5 Å². The Morgan fingerprint density at radius 2 is 1.70 bits per heavy atom. The Morgan fingerprint density at radius 3 is 2.30 bits per heavy atom. The van der Waals surface area contributed by atoms with Gasteiger partial charge in [-0.1, -0.05) is 36.4 Å². The van der Waals surface area contributed by atoms with Crippen molar-refractivity contribution in [2.24, 2.45) is 0 Å². The fourth-order valence-electron chi connectivity index (χ4n) is 3.25. The Kier molecular flexibility index (Phi) is 5.65. The number of nitrogens with zero attached hydrogens (tertiary/aromatic N) is 1. The molecule has 2 aromatic carbocycles. The Hall–Kier alpha value is -3.01. The first-order valence-electron chi connectivity index (χ1n) is 9.09. The molecule has 4 nitrogen and oxygen atoms in total. The highest BCUT2D eigenvalue weighted by atomic mass is 16.5. The van der Waals surface area contributed by atoms with Gasteiger partial charge in [0.1, 0.15) is 5.75 Å². The Labute approximate surface area is 160 Å². The summed E-state index contributed by atoms with van der Waals surface area (Å²) in [6.07, 6.45) is 3.89. The fourth-order valence-corrected chi connectivity index (χ4v) is 3.25. The van der Waals surface area contributed by atoms with Gasteiger partial charge in [0.05, 0.1) is 18.8 Å². The third-order valence-electron chi connectivity index (χ3n) is 4.56. The number of methoxy groups -OCH3 is 1. The van der Waals surface area contributed by atoms with E-state index in [1.54, 1.807) is 7.11 Å². The summed E-state index contributed by atoms with van der Waals surface area (Å²) in [5.41, 5.74) is 3.56. The highest BCUT2D eigenvalue weighted by Crippen LogP contribution is 2.37. The van der Waals surface area contributed by atoms with Gasteiger partial charge in [-0.15, -0.1) is 0 Å². The first-order chi connectivity index (χ1) is 13.0. The molecule has 2 aromatic rings. The molecule has 0 spiro atoms. The van der Waals surface area contributed by atoms with Crippen LogP contribution in [-0.2, 0) is 9.53 Å². The number of ether oxygens (including phenoxy) is 2. The maximum Gasteiger partial charge on any atom is 0.336 e. The van der Waals surface area contributed by atoms with E-state index in [2.05, 4.69) is 0 Å². The van der Waals surface area contributed by atoms with Crippen molar-refractivity contribution in [1.82, 2.24) is 0 Å². The molecule has 0 bridgehead atoms. The number of hydrogen-bond acceptors (Lipinski definition) is 4. The first-order valence-corrected chi connectivity index (χ1v) is 9.09. The minimum atomic E-state index is -0.279. The Bertz CT molecular complexity index is 851. The van der Waals surface area contributed by atoms with Gasteiger partial charge >= 0.3 is 5.97 Å². The first kappa shape index (κ1) is 18.8. The predicted molar refractivity (Wildman–Crippen MR) is 108 cm³/mol. The normalized spacial score (nSPS) is 16.6. The summed E-state index contributed by atoms with van der Waals surface area (Å²) in [5.74, 6) is 0.383. The van der Waals surface area contributed by atoms with Crippen molar-refractivity contribution in [3.05, 3.63) is 83.7 Å². The molecule has 3 rings (SSSR count). The van der Waals surface area contributed by atoms with Crippen LogP contribution in [0, 0.1) is 0 Å². The lowest BCUT2D eigenvalue weighted by molar-refractivity contribution is -0.142. The minimum absolute atomic E-state index is 0.132. The van der Waals surface area contributed by atoms with Crippen LogP contribution in [0.2, 0.25) is 0 Å². The Balaban J connectivity index is 2.03. The fraction of sp³-hybridized carbons (Fsp3) is 0.261. The predicted octanol–water partition coefficient (Wildman–Crippen LogP) is 5.04. The summed E-state index contributed by atoms with van der Waals surface area (Å²) < 4.78 is 10.8. The third kappa shape index (κ3) is 4.05. The van der Waals surface area contributed by atoms with E-state index in [1.807, 2.05) is 92.5 Å². The lowest BCUT2D eigenvalue weighted by Crippen LogP contribution is -2.27. The summed E-state index contributed by atoms with van der Waals surface area (Å²) in [4.78, 5) is 14.9. The van der Waals surface area contributed by atoms with E-state index in [-0.39, 0.29) is 18.0 Å². The lowest BCUT2D eigenvalue weighted by Gasteiger charge is -2.31. The van der Waals surface area contributed by atoms with Crippen molar-refractivity contribution >= 4 is 11.7 Å². The van der Waals surface area contributed by atoms with E-state index in [1.165, 1.54) is 0 Å². The van der Waals surface area contributed by atoms with Gasteiger partial charge in [0.25, 0.3) is 0 Å². The molecule has 1 aliphatic rings. The van der Waals surface area contributed by atoms with Crippen LogP contribution < -0.4 is 9.64 Å². The van der Waals surface area contributed by atoms with Crippen molar-refractivity contribution < 1.29 is 14.3 Å². The van der Waals surface area contributed by atoms with Gasteiger partial charge in [-0.05, 0) is 50.6 Å². The third-order valence-corrected chi connectivity index (χ3v) is 4.56. The molecular weight excluding hydrogens is 338 g/mol. The largest absolute Gasteiger partial charge is 0.497 e. The van der Waals surface area contributed by atoms with Crippen LogP contribution in [0.25, 0.3) is 0 Å². The van der Waals surface area contributed by atoms with Crippen molar-refractivity contribution in [2.45, 2.75) is 32.8 Å². The second kappa shape index (κ2) is 8.12. The molecule has 1 heterocycles. The number of rotatable bonds is 5. The number of anilines is 1. The van der Waals surface area contributed by atoms with E-state index in [4.69, 9.17) is 9.47 Å². The zero-order valence-corrected chi connectivity index (χ0v) is 16.2. The molecule has 1 aliphatic heterocycles. The molecule has 0 N–H and O–H groups in total. The monoisotopic (exact) mass is 363 g/mol. The average Bonchev–Trinajstić information content (AvgIpc) is 2.68. The zero-order valence-electron chi connectivity index (χ0n) is 16.2. The van der Waals surface area contributed by atoms with Crippen molar-refractivity contribution in [3.63, 3.8) is 0 Å². The van der Waals surface area contributed by atoms with Gasteiger partial charge in [0.2, 0.25) is 0 Å². The molecule has 1 atom stereocenters. The second-order valence-corrected chi connectivity index (χ2v) is 6.75. The molecule has 0 saturated heterocycles. The van der Waals surface area contributed by atoms with E-state index >= 15 is 0 Å². The molecule has 0 aromatic heterocycles. The van der Waals surface area contributed by atoms with Crippen LogP contribution in [-0.4, -0.2) is 19.2 Å². The number of hydrogen-bond donors (Lipinski definition) is 0. The van der Waals surface area contributed by atoms with Crippen LogP contribution in [0.3, 0.4) is 0 Å². The van der Waals surface area contributed by atoms with Gasteiger partial charge in [-0.2, -0.15) is 0 Å². The van der Waals surface area contributed by atoms with Crippen molar-refractivity contribution in [1.29, 1.82) is 0 Å². The van der Waals surface area contributed by atoms with Crippen LogP contribution in [0.1, 0.15) is 32.3 Å². The van der Waals surface area contributed by atoms with Gasteiger partial charge in [-0.25, -0.2) is 4.79 Å². The minimum Gasteiger partial charge on any atom is -0.497 e. The maximum atomic E-state index is 12.9. The van der Waals surface area contributed by atoms with E-state index < -0.39 is 0 Å². The molecule has 0 fully saturated rings. The quantitative estimate of drug-likeness (QED) is 0.698. The summed E-state index contributed by atoms with van der Waals surface area (Å²) in [6.45, 7) is 5.69. The van der Waals surface area contributed by atoms with Gasteiger partial charge < -0.3 is 14.4 Å². The molecule has 27 heavy (non-hydrogen) atoms. The van der Waals surface area contributed by atoms with Gasteiger partial charge in [0.15, 0.2) is 0 Å². The van der Waals surface area contributed by atoms with Crippen molar-refractivity contribution in [2.75, 3.05) is 12.0 Å². The van der Waals surface area contributed by atoms with Crippen LogP contribution in [0.5, 0.6) is 5.75 Å². The van der Waals surface area contributed by atoms with Gasteiger partial charge in [-0.3, -0.25) is 0 Å². The van der Waals surface area contributed by atoms with E-state index in [0.717, 1.165) is 22.7 Å². The molecular formula is C23H25NO3. The molecule has 0 unspecified atom stereocenters. The average molecular weight is 363 g/mol. The number of allylic oxidation sites excluding steroid dienone is 2. The molecule has 0 amide bonds. The van der Waals surface area contributed by atoms with Crippen LogP contribution >= 0.6 is 0 Å². The zero-order chi connectivity index (χ0) is 19.4. The molecule has 4 heteroatoms. The number of benzene rings is 2. The van der Waals surface area contributed by atoms with Crippen LogP contribution in [0.4, 0.5) is 5.69 Å². The number of esters is 1. The summed E-state index contributed by atoms with van der Waals surface area (Å²) in [7, 11) is 1.64. The summed E-state index contributed by atoms with van der Waals surface area (Å²) in [6, 6.07) is 17.8. The highest BCUT2D eigenvalue weighted by molar-refractivity contribution is 5.93. The molecule has 0 saturated carbocycles. The molecule has 140 valence electrons. The molecule has 0 radical (unpaired) electrons. The second-order valence-electron chi connectivity index (χ2n) is 6.75. The summed E-state index contributed by atoms with van der Waals surface area (Å²) >= 11 is 0. The van der Waals surface area contributed by atoms with E-state index in [0.29, 0.717) is 5.57 Å². The Morgan fingerprint density at radius 1 is 1.04 bits per heavy atom. The van der Waals surface area contributed by atoms with E-state index in [9.17, 15) is 4.79 Å². The SMILES string of the molecule is COc1ccc(N2C=C[C@H](c3ccccc3)C(C(=O)OC(C)C)=C2C)cc1. The van der Waals surface area contributed by atoms with Crippen LogP contribution in [0.15, 0.2) is 78.1 Å². The maximum absolute atomic E-state index is 12.9. The number of carbonyl (C=O) groups is 1. The van der Waals surface area contributed by atoms with Crippen molar-refractivity contribution in [3.8, 4) is 5.75 Å². The topological polar surface area (TPSA) is 38.8 Å². The lowest BCUT2D eigenvalue weighted by atomic mass is 9.87. The summed E-state index contributed by atoms with van der Waals surface area (Å²) in [5, 5.41) is 0.